The van der Waals surface area contributed by atoms with Gasteiger partial charge in [-0.05, 0) is 24.7 Å². The zero-order chi connectivity index (χ0) is 13.6. The summed E-state index contributed by atoms with van der Waals surface area (Å²) in [7, 11) is 0. The molecule has 0 bridgehead atoms. The van der Waals surface area contributed by atoms with E-state index >= 15 is 0 Å². The molecule has 1 aliphatic carbocycles. The van der Waals surface area contributed by atoms with Crippen LogP contribution in [0.3, 0.4) is 0 Å². The molecule has 1 amide bonds. The number of halogens is 2. The van der Waals surface area contributed by atoms with Crippen molar-refractivity contribution < 1.29 is 23.4 Å². The Morgan fingerprint density at radius 3 is 2.58 bits per heavy atom. The molecule has 1 saturated heterocycles. The SMILES string of the molecule is O=C(Oc1cc(F)cc(F)c1)N1CC2CC2CC1O. The first-order valence-electron chi connectivity index (χ1n) is 6.15. The number of benzene rings is 1. The lowest BCUT2D eigenvalue weighted by Crippen LogP contribution is -2.46. The first-order valence-corrected chi connectivity index (χ1v) is 6.15. The molecular weight excluding hydrogens is 256 g/mol. The first kappa shape index (κ1) is 12.3. The first-order chi connectivity index (χ1) is 9.02. The summed E-state index contributed by atoms with van der Waals surface area (Å²) in [5, 5.41) is 9.80. The molecule has 2 aliphatic rings. The van der Waals surface area contributed by atoms with Gasteiger partial charge in [0.25, 0.3) is 0 Å². The zero-order valence-electron chi connectivity index (χ0n) is 10.1. The highest BCUT2D eigenvalue weighted by Crippen LogP contribution is 2.46. The summed E-state index contributed by atoms with van der Waals surface area (Å²) in [5.74, 6) is -0.924. The van der Waals surface area contributed by atoms with Crippen molar-refractivity contribution in [2.45, 2.75) is 19.1 Å². The Bertz CT molecular complexity index is 502. The molecule has 1 aromatic rings. The Kier molecular flexibility index (Phi) is 2.89. The number of amides is 1. The van der Waals surface area contributed by atoms with Gasteiger partial charge in [-0.15, -0.1) is 0 Å². The number of nitrogens with zero attached hydrogens (tertiary/aromatic N) is 1. The summed E-state index contributed by atoms with van der Waals surface area (Å²) in [6, 6.07) is 2.55. The van der Waals surface area contributed by atoms with Crippen molar-refractivity contribution >= 4 is 6.09 Å². The Hall–Kier alpha value is -1.69. The summed E-state index contributed by atoms with van der Waals surface area (Å²) < 4.78 is 30.8. The third kappa shape index (κ3) is 2.53. The second kappa shape index (κ2) is 4.45. The quantitative estimate of drug-likeness (QED) is 0.849. The maximum atomic E-state index is 13.0. The van der Waals surface area contributed by atoms with Crippen molar-refractivity contribution in [3.05, 3.63) is 29.8 Å². The van der Waals surface area contributed by atoms with Crippen LogP contribution in [-0.2, 0) is 0 Å². The lowest BCUT2D eigenvalue weighted by Gasteiger charge is -2.30. The summed E-state index contributed by atoms with van der Waals surface area (Å²) in [4.78, 5) is 13.1. The van der Waals surface area contributed by atoms with Gasteiger partial charge in [-0.1, -0.05) is 0 Å². The molecule has 3 atom stereocenters. The third-order valence-electron chi connectivity index (χ3n) is 3.65. The fourth-order valence-corrected chi connectivity index (χ4v) is 2.54. The number of aliphatic hydroxyl groups is 1. The summed E-state index contributed by atoms with van der Waals surface area (Å²) in [6.07, 6.45) is -0.107. The van der Waals surface area contributed by atoms with E-state index in [1.54, 1.807) is 0 Å². The van der Waals surface area contributed by atoms with Gasteiger partial charge in [-0.3, -0.25) is 4.90 Å². The smallest absolute Gasteiger partial charge is 0.410 e. The number of carbonyl (C=O) groups excluding carboxylic acids is 1. The number of likely N-dealkylation sites (tertiary alicyclic amines) is 1. The Morgan fingerprint density at radius 2 is 1.89 bits per heavy atom. The van der Waals surface area contributed by atoms with E-state index in [9.17, 15) is 18.7 Å². The normalized spacial score (nSPS) is 28.8. The number of ether oxygens (including phenoxy) is 1. The van der Waals surface area contributed by atoms with Crippen LogP contribution in [0.2, 0.25) is 0 Å². The van der Waals surface area contributed by atoms with Crippen LogP contribution < -0.4 is 4.74 Å². The minimum atomic E-state index is -0.880. The Balaban J connectivity index is 1.70. The highest BCUT2D eigenvalue weighted by atomic mass is 19.1. The molecule has 19 heavy (non-hydrogen) atoms. The van der Waals surface area contributed by atoms with Gasteiger partial charge in [-0.25, -0.2) is 13.6 Å². The number of rotatable bonds is 1. The predicted octanol–water partition coefficient (Wildman–Crippen LogP) is 2.12. The maximum absolute atomic E-state index is 13.0. The van der Waals surface area contributed by atoms with Crippen molar-refractivity contribution in [2.24, 2.45) is 11.8 Å². The maximum Gasteiger partial charge on any atom is 0.417 e. The Labute approximate surface area is 108 Å². The minimum absolute atomic E-state index is 0.201. The molecule has 1 heterocycles. The van der Waals surface area contributed by atoms with Gasteiger partial charge >= 0.3 is 6.09 Å². The van der Waals surface area contributed by atoms with Crippen LogP contribution in [0.5, 0.6) is 5.75 Å². The molecule has 1 aliphatic heterocycles. The fraction of sp³-hybridized carbons (Fsp3) is 0.462. The van der Waals surface area contributed by atoms with E-state index in [1.165, 1.54) is 4.90 Å². The van der Waals surface area contributed by atoms with E-state index in [1.807, 2.05) is 0 Å². The molecule has 2 fully saturated rings. The van der Waals surface area contributed by atoms with Crippen molar-refractivity contribution in [1.29, 1.82) is 0 Å². The number of piperidine rings is 1. The van der Waals surface area contributed by atoms with Gasteiger partial charge in [0.1, 0.15) is 23.6 Å². The second-order valence-corrected chi connectivity index (χ2v) is 5.10. The predicted molar refractivity (Wildman–Crippen MR) is 61.3 cm³/mol. The average molecular weight is 269 g/mol. The molecule has 4 nitrogen and oxygen atoms in total. The second-order valence-electron chi connectivity index (χ2n) is 5.10. The van der Waals surface area contributed by atoms with Gasteiger partial charge in [0.05, 0.1) is 0 Å². The van der Waals surface area contributed by atoms with Crippen LogP contribution in [0, 0.1) is 23.5 Å². The van der Waals surface area contributed by atoms with Crippen LogP contribution >= 0.6 is 0 Å². The van der Waals surface area contributed by atoms with Crippen LogP contribution in [0.15, 0.2) is 18.2 Å². The third-order valence-corrected chi connectivity index (χ3v) is 3.65. The molecule has 0 spiro atoms. The van der Waals surface area contributed by atoms with E-state index in [0.29, 0.717) is 30.9 Å². The number of fused-ring (bicyclic) bond motifs is 1. The topological polar surface area (TPSA) is 49.8 Å². The molecule has 0 radical (unpaired) electrons. The lowest BCUT2D eigenvalue weighted by atomic mass is 10.1. The van der Waals surface area contributed by atoms with Crippen LogP contribution in [0.4, 0.5) is 13.6 Å². The fourth-order valence-electron chi connectivity index (χ4n) is 2.54. The van der Waals surface area contributed by atoms with Crippen LogP contribution in [-0.4, -0.2) is 28.9 Å². The largest absolute Gasteiger partial charge is 0.417 e. The van der Waals surface area contributed by atoms with Crippen molar-refractivity contribution in [1.82, 2.24) is 4.90 Å². The van der Waals surface area contributed by atoms with E-state index in [2.05, 4.69) is 0 Å². The number of carbonyl (C=O) groups is 1. The minimum Gasteiger partial charge on any atom is -0.410 e. The molecule has 1 saturated carbocycles. The number of hydrogen-bond acceptors (Lipinski definition) is 3. The van der Waals surface area contributed by atoms with E-state index in [4.69, 9.17) is 4.74 Å². The molecule has 6 heteroatoms. The van der Waals surface area contributed by atoms with E-state index < -0.39 is 24.0 Å². The summed E-state index contributed by atoms with van der Waals surface area (Å²) >= 11 is 0. The van der Waals surface area contributed by atoms with Crippen LogP contribution in [0.25, 0.3) is 0 Å². The molecule has 1 aromatic carbocycles. The molecule has 3 unspecified atom stereocenters. The molecule has 3 rings (SSSR count). The summed E-state index contributed by atoms with van der Waals surface area (Å²) in [5.41, 5.74) is 0. The lowest BCUT2D eigenvalue weighted by molar-refractivity contribution is -0.0121. The molecule has 0 aromatic heterocycles. The average Bonchev–Trinajstić information content (AvgIpc) is 3.04. The summed E-state index contributed by atoms with van der Waals surface area (Å²) in [6.45, 7) is 0.433. The highest BCUT2D eigenvalue weighted by molar-refractivity contribution is 5.71. The molecule has 102 valence electrons. The Morgan fingerprint density at radius 1 is 1.21 bits per heavy atom. The van der Waals surface area contributed by atoms with Crippen molar-refractivity contribution in [3.63, 3.8) is 0 Å². The zero-order valence-corrected chi connectivity index (χ0v) is 10.1. The number of aliphatic hydroxyl groups excluding tert-OH is 1. The van der Waals surface area contributed by atoms with Crippen molar-refractivity contribution in [3.8, 4) is 5.75 Å². The van der Waals surface area contributed by atoms with Gasteiger partial charge in [0.15, 0.2) is 0 Å². The van der Waals surface area contributed by atoms with Crippen LogP contribution in [0.1, 0.15) is 12.8 Å². The molecule has 1 N–H and O–H groups in total. The van der Waals surface area contributed by atoms with Gasteiger partial charge in [0.2, 0.25) is 0 Å². The molecular formula is C13H13F2NO3. The number of hydrogen-bond donors (Lipinski definition) is 1. The van der Waals surface area contributed by atoms with E-state index in [0.717, 1.165) is 18.6 Å². The highest BCUT2D eigenvalue weighted by Gasteiger charge is 2.47. The van der Waals surface area contributed by atoms with Gasteiger partial charge in [-0.2, -0.15) is 0 Å². The van der Waals surface area contributed by atoms with Crippen molar-refractivity contribution in [2.75, 3.05) is 6.54 Å². The van der Waals surface area contributed by atoms with E-state index in [-0.39, 0.29) is 5.75 Å². The standard InChI is InChI=1S/C13H13F2NO3/c14-9-3-10(15)5-11(4-9)19-13(18)16-6-8-1-7(8)2-12(16)17/h3-5,7-8,12,17H,1-2,6H2. The van der Waals surface area contributed by atoms with Gasteiger partial charge < -0.3 is 9.84 Å². The monoisotopic (exact) mass is 269 g/mol. The van der Waals surface area contributed by atoms with Gasteiger partial charge in [0, 0.05) is 24.7 Å².